The zero-order valence-corrected chi connectivity index (χ0v) is 20.3. The molecule has 0 unspecified atom stereocenters. The molecule has 0 saturated carbocycles. The van der Waals surface area contributed by atoms with Gasteiger partial charge in [0.05, 0.1) is 18.9 Å². The average molecular weight is 483 g/mol. The minimum Gasteiger partial charge on any atom is -0.497 e. The van der Waals surface area contributed by atoms with Gasteiger partial charge in [-0.3, -0.25) is 9.47 Å². The van der Waals surface area contributed by atoms with E-state index in [2.05, 4.69) is 25.7 Å². The predicted octanol–water partition coefficient (Wildman–Crippen LogP) is 5.07. The fourth-order valence-corrected chi connectivity index (χ4v) is 5.80. The molecule has 8 heteroatoms. The molecule has 3 heterocycles. The van der Waals surface area contributed by atoms with Crippen LogP contribution in [0.15, 0.2) is 53.7 Å². The second-order valence-corrected chi connectivity index (χ2v) is 9.99. The first-order chi connectivity index (χ1) is 16.7. The van der Waals surface area contributed by atoms with Gasteiger partial charge >= 0.3 is 0 Å². The molecule has 2 aromatic carbocycles. The molecule has 2 fully saturated rings. The first kappa shape index (κ1) is 23.3. The van der Waals surface area contributed by atoms with Crippen LogP contribution in [0.25, 0.3) is 5.69 Å². The maximum atomic E-state index is 13.2. The van der Waals surface area contributed by atoms with E-state index >= 15 is 0 Å². The van der Waals surface area contributed by atoms with E-state index in [1.807, 2.05) is 30.3 Å². The Kier molecular flexibility index (Phi) is 7.47. The molecule has 5 rings (SSSR count). The van der Waals surface area contributed by atoms with Crippen LogP contribution in [0, 0.1) is 5.82 Å². The van der Waals surface area contributed by atoms with Gasteiger partial charge in [-0.15, -0.1) is 10.2 Å². The lowest BCUT2D eigenvalue weighted by Crippen LogP contribution is -2.33. The number of halogens is 1. The minimum absolute atomic E-state index is 0.187. The lowest BCUT2D eigenvalue weighted by molar-refractivity contribution is 0.129. The van der Waals surface area contributed by atoms with E-state index in [4.69, 9.17) is 9.47 Å². The van der Waals surface area contributed by atoms with Crippen LogP contribution in [0.4, 0.5) is 4.39 Å². The maximum Gasteiger partial charge on any atom is 0.195 e. The Hall–Kier alpha value is -2.42. The fourth-order valence-electron chi connectivity index (χ4n) is 4.77. The van der Waals surface area contributed by atoms with Crippen molar-refractivity contribution in [3.63, 3.8) is 0 Å². The van der Waals surface area contributed by atoms with Gasteiger partial charge in [-0.25, -0.2) is 4.39 Å². The summed E-state index contributed by atoms with van der Waals surface area (Å²) in [6, 6.07) is 14.9. The van der Waals surface area contributed by atoms with E-state index in [9.17, 15) is 4.39 Å². The topological polar surface area (TPSA) is 52.4 Å². The molecule has 34 heavy (non-hydrogen) atoms. The number of ether oxygens (including phenoxy) is 2. The van der Waals surface area contributed by atoms with Crippen molar-refractivity contribution in [2.45, 2.75) is 49.4 Å². The highest BCUT2D eigenvalue weighted by atomic mass is 32.2. The SMILES string of the molecule is COc1cccc(-n2c(SC[C@H]3CCCO3)nnc2C2CCN(Cc3ccc(F)cc3)CC2)c1. The Balaban J connectivity index is 1.32. The number of hydrogen-bond acceptors (Lipinski definition) is 6. The summed E-state index contributed by atoms with van der Waals surface area (Å²) >= 11 is 1.72. The largest absolute Gasteiger partial charge is 0.497 e. The number of thioether (sulfide) groups is 1. The number of rotatable bonds is 8. The average Bonchev–Trinajstić information content (AvgIpc) is 3.55. The number of hydrogen-bond donors (Lipinski definition) is 0. The number of benzene rings is 2. The van der Waals surface area contributed by atoms with Crippen molar-refractivity contribution in [3.05, 3.63) is 65.7 Å². The third kappa shape index (κ3) is 5.45. The van der Waals surface area contributed by atoms with Gasteiger partial charge in [0.1, 0.15) is 17.4 Å². The molecule has 3 aromatic rings. The van der Waals surface area contributed by atoms with Crippen molar-refractivity contribution in [1.29, 1.82) is 0 Å². The monoisotopic (exact) mass is 482 g/mol. The van der Waals surface area contributed by atoms with E-state index in [0.717, 1.165) is 85.7 Å². The second kappa shape index (κ2) is 10.9. The fraction of sp³-hybridized carbons (Fsp3) is 0.462. The Morgan fingerprint density at radius 3 is 2.65 bits per heavy atom. The summed E-state index contributed by atoms with van der Waals surface area (Å²) in [5, 5.41) is 10.2. The molecular weight excluding hydrogens is 451 g/mol. The molecule has 2 saturated heterocycles. The molecule has 0 spiro atoms. The summed E-state index contributed by atoms with van der Waals surface area (Å²) in [6.45, 7) is 3.66. The van der Waals surface area contributed by atoms with E-state index < -0.39 is 0 Å². The van der Waals surface area contributed by atoms with Crippen LogP contribution in [0.1, 0.15) is 43.0 Å². The summed E-state index contributed by atoms with van der Waals surface area (Å²) in [5.41, 5.74) is 2.18. The maximum absolute atomic E-state index is 13.2. The van der Waals surface area contributed by atoms with Crippen LogP contribution in [0.5, 0.6) is 5.75 Å². The molecule has 0 N–H and O–H groups in total. The third-order valence-electron chi connectivity index (χ3n) is 6.66. The number of aromatic nitrogens is 3. The summed E-state index contributed by atoms with van der Waals surface area (Å²) < 4.78 is 26.7. The summed E-state index contributed by atoms with van der Waals surface area (Å²) in [5.74, 6) is 2.87. The van der Waals surface area contributed by atoms with Crippen molar-refractivity contribution in [2.24, 2.45) is 0 Å². The van der Waals surface area contributed by atoms with Crippen LogP contribution >= 0.6 is 11.8 Å². The molecule has 180 valence electrons. The summed E-state index contributed by atoms with van der Waals surface area (Å²) in [6.07, 6.45) is 4.56. The zero-order valence-electron chi connectivity index (χ0n) is 19.5. The highest BCUT2D eigenvalue weighted by molar-refractivity contribution is 7.99. The molecule has 2 aliphatic rings. The Bertz CT molecular complexity index is 1080. The molecule has 0 radical (unpaired) electrons. The highest BCUT2D eigenvalue weighted by Gasteiger charge is 2.28. The molecule has 0 bridgehead atoms. The van der Waals surface area contributed by atoms with Crippen molar-refractivity contribution in [1.82, 2.24) is 19.7 Å². The van der Waals surface area contributed by atoms with Gasteiger partial charge in [0.15, 0.2) is 5.16 Å². The van der Waals surface area contributed by atoms with Gasteiger partial charge in [-0.05, 0) is 68.6 Å². The standard InChI is InChI=1S/C26H31FN4O2S/c1-32-23-5-2-4-22(16-23)31-25(28-29-26(31)34-18-24-6-3-15-33-24)20-11-13-30(14-12-20)17-19-7-9-21(27)10-8-19/h2,4-5,7-10,16,20,24H,3,6,11-15,17-18H2,1H3/t24-/m1/s1. The normalized spacial score (nSPS) is 19.5. The summed E-state index contributed by atoms with van der Waals surface area (Å²) in [4.78, 5) is 2.43. The van der Waals surface area contributed by atoms with Crippen molar-refractivity contribution < 1.29 is 13.9 Å². The number of piperidine rings is 1. The van der Waals surface area contributed by atoms with Crippen LogP contribution < -0.4 is 4.74 Å². The van der Waals surface area contributed by atoms with Crippen LogP contribution in [-0.4, -0.2) is 58.3 Å². The Labute approximate surface area is 204 Å². The molecule has 2 aliphatic heterocycles. The molecule has 0 aliphatic carbocycles. The van der Waals surface area contributed by atoms with Crippen LogP contribution in [0.2, 0.25) is 0 Å². The lowest BCUT2D eigenvalue weighted by Gasteiger charge is -2.31. The predicted molar refractivity (Wildman–Crippen MR) is 131 cm³/mol. The van der Waals surface area contributed by atoms with Gasteiger partial charge in [-0.1, -0.05) is 30.0 Å². The van der Waals surface area contributed by atoms with Crippen molar-refractivity contribution in [3.8, 4) is 11.4 Å². The van der Waals surface area contributed by atoms with Crippen LogP contribution in [0.3, 0.4) is 0 Å². The van der Waals surface area contributed by atoms with Crippen molar-refractivity contribution >= 4 is 11.8 Å². The lowest BCUT2D eigenvalue weighted by atomic mass is 9.95. The van der Waals surface area contributed by atoms with Gasteiger partial charge in [0.25, 0.3) is 0 Å². The van der Waals surface area contributed by atoms with Gasteiger partial charge in [0, 0.05) is 30.9 Å². The van der Waals surface area contributed by atoms with Gasteiger partial charge in [-0.2, -0.15) is 0 Å². The number of methoxy groups -OCH3 is 1. The first-order valence-corrected chi connectivity index (χ1v) is 13.0. The quantitative estimate of drug-likeness (QED) is 0.418. The van der Waals surface area contributed by atoms with E-state index in [1.165, 1.54) is 12.1 Å². The molecule has 1 aromatic heterocycles. The first-order valence-electron chi connectivity index (χ1n) is 12.0. The zero-order chi connectivity index (χ0) is 23.3. The minimum atomic E-state index is -0.187. The Morgan fingerprint density at radius 2 is 1.91 bits per heavy atom. The smallest absolute Gasteiger partial charge is 0.195 e. The molecule has 0 amide bonds. The van der Waals surface area contributed by atoms with Crippen LogP contribution in [-0.2, 0) is 11.3 Å². The third-order valence-corrected chi connectivity index (χ3v) is 7.73. The molecule has 1 atom stereocenters. The number of nitrogens with zero attached hydrogens (tertiary/aromatic N) is 4. The van der Waals surface area contributed by atoms with Gasteiger partial charge < -0.3 is 9.47 Å². The van der Waals surface area contributed by atoms with Crippen molar-refractivity contribution in [2.75, 3.05) is 32.6 Å². The number of likely N-dealkylation sites (tertiary alicyclic amines) is 1. The summed E-state index contributed by atoms with van der Waals surface area (Å²) in [7, 11) is 1.69. The van der Waals surface area contributed by atoms with E-state index in [0.29, 0.717) is 12.0 Å². The highest BCUT2D eigenvalue weighted by Crippen LogP contribution is 2.34. The Morgan fingerprint density at radius 1 is 1.09 bits per heavy atom. The van der Waals surface area contributed by atoms with Gasteiger partial charge in [0.2, 0.25) is 0 Å². The second-order valence-electron chi connectivity index (χ2n) is 9.00. The molecular formula is C26H31FN4O2S. The van der Waals surface area contributed by atoms with E-state index in [-0.39, 0.29) is 5.82 Å². The molecule has 6 nitrogen and oxygen atoms in total. The van der Waals surface area contributed by atoms with E-state index in [1.54, 1.807) is 18.9 Å².